The lowest BCUT2D eigenvalue weighted by Gasteiger charge is -2.29. The van der Waals surface area contributed by atoms with E-state index in [0.29, 0.717) is 19.2 Å². The van der Waals surface area contributed by atoms with Crippen molar-refractivity contribution in [1.82, 2.24) is 10.6 Å². The molecule has 0 saturated heterocycles. The van der Waals surface area contributed by atoms with Crippen molar-refractivity contribution in [1.29, 1.82) is 0 Å². The highest BCUT2D eigenvalue weighted by molar-refractivity contribution is 5.79. The zero-order valence-electron chi connectivity index (χ0n) is 16.5. The molecular weight excluding hydrogens is 346 g/mol. The van der Waals surface area contributed by atoms with E-state index in [9.17, 15) is 4.79 Å². The number of hydrogen-bond acceptors (Lipinski definition) is 6. The number of fused-ring (bicyclic) bond motifs is 1. The lowest BCUT2D eigenvalue weighted by Crippen LogP contribution is -2.37. The highest BCUT2D eigenvalue weighted by Crippen LogP contribution is 2.28. The van der Waals surface area contributed by atoms with Crippen LogP contribution in [-0.4, -0.2) is 49.4 Å². The fourth-order valence-electron chi connectivity index (χ4n) is 3.70. The number of hydrogen-bond donors (Lipinski definition) is 2. The van der Waals surface area contributed by atoms with Crippen molar-refractivity contribution in [3.8, 4) is 0 Å². The van der Waals surface area contributed by atoms with E-state index in [2.05, 4.69) is 15.6 Å². The number of allylic oxidation sites excluding steroid dienone is 2. The molecule has 0 radical (unpaired) electrons. The summed E-state index contributed by atoms with van der Waals surface area (Å²) < 4.78 is 17.6. The van der Waals surface area contributed by atoms with Gasteiger partial charge in [-0.3, -0.25) is 4.79 Å². The average molecular weight is 377 g/mol. The summed E-state index contributed by atoms with van der Waals surface area (Å²) in [7, 11) is 0. The number of rotatable bonds is 7. The number of ether oxygens (including phenoxy) is 3. The highest BCUT2D eigenvalue weighted by atomic mass is 16.5. The van der Waals surface area contributed by atoms with Crippen LogP contribution in [0, 0.1) is 0 Å². The lowest BCUT2D eigenvalue weighted by atomic mass is 9.95. The number of nitrogens with zero attached hydrogens (tertiary/aromatic N) is 1. The highest BCUT2D eigenvalue weighted by Gasteiger charge is 2.30. The van der Waals surface area contributed by atoms with E-state index < -0.39 is 0 Å². The van der Waals surface area contributed by atoms with Gasteiger partial charge in [-0.05, 0) is 51.7 Å². The van der Waals surface area contributed by atoms with Crippen LogP contribution < -0.4 is 10.6 Å². The van der Waals surface area contributed by atoms with Gasteiger partial charge >= 0.3 is 0 Å². The Bertz CT molecular complexity index is 621. The molecule has 3 rings (SSSR count). The third kappa shape index (κ3) is 5.73. The molecule has 3 aliphatic rings. The van der Waals surface area contributed by atoms with Crippen LogP contribution in [0.15, 0.2) is 28.6 Å². The molecule has 2 N–H and O–H groups in total. The molecule has 1 unspecified atom stereocenters. The second-order valence-corrected chi connectivity index (χ2v) is 7.42. The van der Waals surface area contributed by atoms with E-state index in [1.165, 1.54) is 6.92 Å². The summed E-state index contributed by atoms with van der Waals surface area (Å²) in [6.07, 6.45) is 9.06. The predicted octanol–water partition coefficient (Wildman–Crippen LogP) is 2.39. The van der Waals surface area contributed by atoms with Crippen molar-refractivity contribution in [3.05, 3.63) is 23.6 Å². The van der Waals surface area contributed by atoms with Crippen molar-refractivity contribution in [2.75, 3.05) is 13.2 Å². The normalized spacial score (nSPS) is 28.1. The van der Waals surface area contributed by atoms with Crippen LogP contribution in [0.5, 0.6) is 0 Å². The minimum atomic E-state index is -0.0210. The Morgan fingerprint density at radius 2 is 2.04 bits per heavy atom. The summed E-state index contributed by atoms with van der Waals surface area (Å²) in [4.78, 5) is 15.7. The Kier molecular flexibility index (Phi) is 6.77. The molecule has 27 heavy (non-hydrogen) atoms. The van der Waals surface area contributed by atoms with Crippen molar-refractivity contribution in [2.45, 2.75) is 77.2 Å². The molecule has 1 fully saturated rings. The second kappa shape index (κ2) is 9.26. The molecule has 7 nitrogen and oxygen atoms in total. The monoisotopic (exact) mass is 377 g/mol. The summed E-state index contributed by atoms with van der Waals surface area (Å²) in [6, 6.07) is 0.753. The van der Waals surface area contributed by atoms with Crippen molar-refractivity contribution >= 4 is 11.9 Å². The van der Waals surface area contributed by atoms with Crippen LogP contribution in [0.1, 0.15) is 52.9 Å². The van der Waals surface area contributed by atoms with Gasteiger partial charge in [0.1, 0.15) is 12.1 Å². The molecule has 0 bridgehead atoms. The summed E-state index contributed by atoms with van der Waals surface area (Å²) in [5, 5.41) is 6.13. The quantitative estimate of drug-likeness (QED) is 0.712. The van der Waals surface area contributed by atoms with Gasteiger partial charge in [0.25, 0.3) is 6.02 Å². The number of carbonyl (C=O) groups excluding carboxylic acids is 1. The van der Waals surface area contributed by atoms with Gasteiger partial charge in [-0.25, -0.2) is 4.99 Å². The zero-order valence-corrected chi connectivity index (χ0v) is 16.5. The van der Waals surface area contributed by atoms with Crippen LogP contribution in [-0.2, 0) is 19.0 Å². The van der Waals surface area contributed by atoms with Crippen LogP contribution in [0.4, 0.5) is 0 Å². The summed E-state index contributed by atoms with van der Waals surface area (Å²) >= 11 is 0. The molecule has 7 heteroatoms. The molecule has 2 atom stereocenters. The number of amidine groups is 1. The first-order valence-electron chi connectivity index (χ1n) is 9.97. The van der Waals surface area contributed by atoms with Gasteiger partial charge in [-0.15, -0.1) is 0 Å². The maximum atomic E-state index is 11.0. The smallest absolute Gasteiger partial charge is 0.289 e. The van der Waals surface area contributed by atoms with Gasteiger partial charge in [0.15, 0.2) is 0 Å². The number of aliphatic imine (C=N–C) groups is 1. The van der Waals surface area contributed by atoms with Gasteiger partial charge < -0.3 is 24.8 Å². The molecule has 2 aliphatic carbocycles. The SMILES string of the molecule is CCOC1=CC=C2NC(OC3CCC(OC[C@H](C)NC(C)=O)CC3)=NC2C1. The van der Waals surface area contributed by atoms with Gasteiger partial charge in [-0.1, -0.05) is 0 Å². The molecule has 1 aliphatic heterocycles. The Hall–Kier alpha value is -2.02. The first-order chi connectivity index (χ1) is 13.0. The third-order valence-electron chi connectivity index (χ3n) is 4.99. The molecule has 1 saturated carbocycles. The molecule has 1 amide bonds. The van der Waals surface area contributed by atoms with E-state index in [0.717, 1.165) is 43.6 Å². The van der Waals surface area contributed by atoms with Gasteiger partial charge in [0, 0.05) is 25.1 Å². The zero-order chi connectivity index (χ0) is 19.2. The number of amides is 1. The molecule has 0 spiro atoms. The Labute approximate surface area is 161 Å². The molecule has 1 heterocycles. The first-order valence-corrected chi connectivity index (χ1v) is 9.97. The molecule has 0 aromatic carbocycles. The van der Waals surface area contributed by atoms with Crippen LogP contribution >= 0.6 is 0 Å². The minimum Gasteiger partial charge on any atom is -0.498 e. The van der Waals surface area contributed by atoms with E-state index in [-0.39, 0.29) is 30.2 Å². The summed E-state index contributed by atoms with van der Waals surface area (Å²) in [6.45, 7) is 6.70. The number of carbonyl (C=O) groups is 1. The minimum absolute atomic E-state index is 0.0210. The van der Waals surface area contributed by atoms with Crippen molar-refractivity contribution in [2.24, 2.45) is 4.99 Å². The fraction of sp³-hybridized carbons (Fsp3) is 0.700. The lowest BCUT2D eigenvalue weighted by molar-refractivity contribution is -0.120. The molecule has 0 aromatic rings. The average Bonchev–Trinajstić information content (AvgIpc) is 3.02. The van der Waals surface area contributed by atoms with Gasteiger partial charge in [0.05, 0.1) is 25.1 Å². The molecule has 0 aromatic heterocycles. The maximum Gasteiger partial charge on any atom is 0.289 e. The first kappa shape index (κ1) is 19.7. The third-order valence-corrected chi connectivity index (χ3v) is 4.99. The van der Waals surface area contributed by atoms with Crippen LogP contribution in [0.25, 0.3) is 0 Å². The van der Waals surface area contributed by atoms with E-state index in [1.807, 2.05) is 26.0 Å². The fourth-order valence-corrected chi connectivity index (χ4v) is 3.70. The molecule has 150 valence electrons. The van der Waals surface area contributed by atoms with Crippen LogP contribution in [0.3, 0.4) is 0 Å². The molecular formula is C20H31N3O4. The topological polar surface area (TPSA) is 81.2 Å². The Balaban J connectivity index is 1.38. The van der Waals surface area contributed by atoms with E-state index >= 15 is 0 Å². The largest absolute Gasteiger partial charge is 0.498 e. The summed E-state index contributed by atoms with van der Waals surface area (Å²) in [5.74, 6) is 0.955. The Morgan fingerprint density at radius 1 is 1.30 bits per heavy atom. The maximum absolute atomic E-state index is 11.0. The number of nitrogens with one attached hydrogen (secondary N) is 2. The Morgan fingerprint density at radius 3 is 2.74 bits per heavy atom. The standard InChI is InChI=1S/C20H31N3O4/c1-4-25-17-9-10-18-19(11-17)23-20(22-18)27-16-7-5-15(6-8-16)26-12-13(2)21-14(3)24/h9-10,13,15-16,19H,4-8,11-12H2,1-3H3,(H,21,24)(H,22,23)/t13-,15?,16?,19?/m0/s1. The van der Waals surface area contributed by atoms with Gasteiger partial charge in [0.2, 0.25) is 5.91 Å². The van der Waals surface area contributed by atoms with Crippen molar-refractivity contribution < 1.29 is 19.0 Å². The van der Waals surface area contributed by atoms with Crippen LogP contribution in [0.2, 0.25) is 0 Å². The van der Waals surface area contributed by atoms with E-state index in [1.54, 1.807) is 0 Å². The summed E-state index contributed by atoms with van der Waals surface area (Å²) in [5.41, 5.74) is 1.08. The second-order valence-electron chi connectivity index (χ2n) is 7.42. The predicted molar refractivity (Wildman–Crippen MR) is 103 cm³/mol. The van der Waals surface area contributed by atoms with E-state index in [4.69, 9.17) is 14.2 Å². The van der Waals surface area contributed by atoms with Gasteiger partial charge in [-0.2, -0.15) is 0 Å². The van der Waals surface area contributed by atoms with Crippen molar-refractivity contribution in [3.63, 3.8) is 0 Å².